The maximum atomic E-state index is 10.7. The van der Waals surface area contributed by atoms with Crippen LogP contribution < -0.4 is 0 Å². The molecule has 0 saturated carbocycles. The topological polar surface area (TPSA) is 37.3 Å². The molecule has 0 spiro atoms. The summed E-state index contributed by atoms with van der Waals surface area (Å²) in [4.78, 5) is 10.7. The summed E-state index contributed by atoms with van der Waals surface area (Å²) < 4.78 is 0. The molecule has 0 aromatic heterocycles. The minimum atomic E-state index is -0.697. The predicted molar refractivity (Wildman–Crippen MR) is 36.1 cm³/mol. The number of carbonyl (C=O) groups excluding carboxylic acids is 1. The fraction of sp³-hybridized carbons (Fsp3) is 0.571. The van der Waals surface area contributed by atoms with Gasteiger partial charge in [0.1, 0.15) is 0 Å². The molecule has 0 rings (SSSR count). The molecule has 1 N–H and O–H groups in total. The van der Waals surface area contributed by atoms with E-state index in [-0.39, 0.29) is 5.78 Å². The van der Waals surface area contributed by atoms with Gasteiger partial charge in [0.05, 0.1) is 6.10 Å². The van der Waals surface area contributed by atoms with Crippen molar-refractivity contribution in [1.82, 2.24) is 0 Å². The molecule has 0 aromatic rings. The summed E-state index contributed by atoms with van der Waals surface area (Å²) in [5, 5.41) is 8.80. The van der Waals surface area contributed by atoms with Gasteiger partial charge in [-0.15, -0.1) is 0 Å². The molecule has 0 aliphatic rings. The van der Waals surface area contributed by atoms with Crippen LogP contribution in [0.15, 0.2) is 12.2 Å². The summed E-state index contributed by atoms with van der Waals surface area (Å²) in [6, 6.07) is 0. The Balaban J connectivity index is 3.89. The molecule has 0 amide bonds. The number of rotatable bonds is 3. The maximum Gasteiger partial charge on any atom is 0.160 e. The first kappa shape index (κ1) is 8.37. The van der Waals surface area contributed by atoms with Crippen LogP contribution in [0.3, 0.4) is 0 Å². The van der Waals surface area contributed by atoms with E-state index < -0.39 is 6.10 Å². The Morgan fingerprint density at radius 1 is 1.78 bits per heavy atom. The summed E-state index contributed by atoms with van der Waals surface area (Å²) in [6.45, 7) is 6.71. The Kier molecular flexibility index (Phi) is 3.17. The lowest BCUT2D eigenvalue weighted by Gasteiger charge is -2.03. The van der Waals surface area contributed by atoms with Crippen LogP contribution in [-0.2, 0) is 4.79 Å². The molecule has 1 atom stereocenters. The third-order valence-corrected chi connectivity index (χ3v) is 1.18. The van der Waals surface area contributed by atoms with Gasteiger partial charge in [0.15, 0.2) is 5.78 Å². The highest BCUT2D eigenvalue weighted by atomic mass is 16.3. The zero-order valence-electron chi connectivity index (χ0n) is 5.85. The van der Waals surface area contributed by atoms with Gasteiger partial charge in [-0.25, -0.2) is 0 Å². The molecule has 0 aliphatic carbocycles. The van der Waals surface area contributed by atoms with Crippen LogP contribution in [0.2, 0.25) is 0 Å². The van der Waals surface area contributed by atoms with Crippen molar-refractivity contribution < 1.29 is 9.90 Å². The van der Waals surface area contributed by atoms with Crippen molar-refractivity contribution in [3.8, 4) is 0 Å². The monoisotopic (exact) mass is 128 g/mol. The quantitative estimate of drug-likeness (QED) is 0.573. The number of aliphatic hydroxyl groups excluding tert-OH is 1. The van der Waals surface area contributed by atoms with Gasteiger partial charge in [0.25, 0.3) is 0 Å². The second-order valence-corrected chi connectivity index (χ2v) is 1.98. The number of carbonyl (C=O) groups is 1. The first-order valence-electron chi connectivity index (χ1n) is 2.99. The fourth-order valence-electron chi connectivity index (χ4n) is 0.460. The third kappa shape index (κ3) is 2.42. The zero-order valence-corrected chi connectivity index (χ0v) is 5.85. The van der Waals surface area contributed by atoms with Crippen molar-refractivity contribution in [2.24, 2.45) is 0 Å². The maximum absolute atomic E-state index is 10.7. The fourth-order valence-corrected chi connectivity index (χ4v) is 0.460. The van der Waals surface area contributed by atoms with Crippen LogP contribution in [0.1, 0.15) is 20.3 Å². The molecule has 0 saturated heterocycles. The molecule has 0 unspecified atom stereocenters. The Labute approximate surface area is 55.2 Å². The van der Waals surface area contributed by atoms with E-state index in [1.165, 1.54) is 6.92 Å². The largest absolute Gasteiger partial charge is 0.389 e. The van der Waals surface area contributed by atoms with E-state index >= 15 is 0 Å². The molecule has 2 nitrogen and oxygen atoms in total. The summed E-state index contributed by atoms with van der Waals surface area (Å²) in [5.41, 5.74) is 0.303. The van der Waals surface area contributed by atoms with Crippen LogP contribution in [0.25, 0.3) is 0 Å². The van der Waals surface area contributed by atoms with Crippen LogP contribution >= 0.6 is 0 Å². The molecule has 0 bridgehead atoms. The van der Waals surface area contributed by atoms with E-state index in [0.29, 0.717) is 12.0 Å². The van der Waals surface area contributed by atoms with Gasteiger partial charge in [0, 0.05) is 12.0 Å². The molecule has 0 fully saturated rings. The van der Waals surface area contributed by atoms with Crippen LogP contribution in [0.5, 0.6) is 0 Å². The van der Waals surface area contributed by atoms with Gasteiger partial charge >= 0.3 is 0 Å². The van der Waals surface area contributed by atoms with E-state index in [2.05, 4.69) is 6.58 Å². The van der Waals surface area contributed by atoms with E-state index in [1.807, 2.05) is 0 Å². The standard InChI is InChI=1S/C7H12O2/c1-4-7(9)5(2)6(3)8/h6,8H,2,4H2,1,3H3/t6-/m0/s1. The predicted octanol–water partition coefficient (Wildman–Crippen LogP) is 0.902. The van der Waals surface area contributed by atoms with Crippen molar-refractivity contribution in [3.05, 3.63) is 12.2 Å². The van der Waals surface area contributed by atoms with Gasteiger partial charge in [-0.1, -0.05) is 13.5 Å². The lowest BCUT2D eigenvalue weighted by molar-refractivity contribution is -0.116. The van der Waals surface area contributed by atoms with Gasteiger partial charge < -0.3 is 5.11 Å². The molecular formula is C7H12O2. The number of ketones is 1. The molecule has 2 heteroatoms. The molecule has 0 aliphatic heterocycles. The highest BCUT2D eigenvalue weighted by Crippen LogP contribution is 2.01. The molecule has 9 heavy (non-hydrogen) atoms. The lowest BCUT2D eigenvalue weighted by atomic mass is 10.1. The summed E-state index contributed by atoms with van der Waals surface area (Å²) in [6.07, 6.45) is -0.276. The SMILES string of the molecule is C=C(C(=O)CC)[C@H](C)O. The Bertz CT molecular complexity index is 125. The first-order chi connectivity index (χ1) is 4.09. The summed E-state index contributed by atoms with van der Waals surface area (Å²) in [5.74, 6) is -0.0648. The Morgan fingerprint density at radius 3 is 2.33 bits per heavy atom. The normalized spacial score (nSPS) is 12.8. The number of aliphatic hydroxyl groups is 1. The number of hydrogen-bond acceptors (Lipinski definition) is 2. The van der Waals surface area contributed by atoms with Crippen LogP contribution in [0.4, 0.5) is 0 Å². The minimum absolute atomic E-state index is 0.0648. The Morgan fingerprint density at radius 2 is 2.22 bits per heavy atom. The van der Waals surface area contributed by atoms with E-state index in [9.17, 15) is 4.79 Å². The van der Waals surface area contributed by atoms with Crippen LogP contribution in [-0.4, -0.2) is 17.0 Å². The van der Waals surface area contributed by atoms with Crippen molar-refractivity contribution >= 4 is 5.78 Å². The van der Waals surface area contributed by atoms with E-state index in [4.69, 9.17) is 5.11 Å². The minimum Gasteiger partial charge on any atom is -0.389 e. The first-order valence-corrected chi connectivity index (χ1v) is 2.99. The van der Waals surface area contributed by atoms with Gasteiger partial charge in [-0.05, 0) is 6.92 Å². The molecule has 0 radical (unpaired) electrons. The second-order valence-electron chi connectivity index (χ2n) is 1.98. The van der Waals surface area contributed by atoms with Crippen LogP contribution in [0, 0.1) is 0 Å². The van der Waals surface area contributed by atoms with E-state index in [1.54, 1.807) is 6.92 Å². The van der Waals surface area contributed by atoms with E-state index in [0.717, 1.165) is 0 Å². The highest BCUT2D eigenvalue weighted by molar-refractivity contribution is 5.95. The average Bonchev–Trinajstić information content (AvgIpc) is 1.84. The average molecular weight is 128 g/mol. The van der Waals surface area contributed by atoms with Crippen molar-refractivity contribution in [2.75, 3.05) is 0 Å². The van der Waals surface area contributed by atoms with Gasteiger partial charge in [-0.3, -0.25) is 4.79 Å². The zero-order chi connectivity index (χ0) is 7.44. The number of hydrogen-bond donors (Lipinski definition) is 1. The Hall–Kier alpha value is -0.630. The number of Topliss-reactive ketones (excluding diaryl/α,β-unsaturated/α-hetero) is 1. The molecular weight excluding hydrogens is 116 g/mol. The molecule has 52 valence electrons. The molecule has 0 heterocycles. The highest BCUT2D eigenvalue weighted by Gasteiger charge is 2.08. The smallest absolute Gasteiger partial charge is 0.160 e. The summed E-state index contributed by atoms with van der Waals surface area (Å²) in [7, 11) is 0. The lowest BCUT2D eigenvalue weighted by Crippen LogP contribution is -2.12. The van der Waals surface area contributed by atoms with Crippen molar-refractivity contribution in [3.63, 3.8) is 0 Å². The molecule has 0 aromatic carbocycles. The third-order valence-electron chi connectivity index (χ3n) is 1.18. The van der Waals surface area contributed by atoms with Crippen molar-refractivity contribution in [1.29, 1.82) is 0 Å². The van der Waals surface area contributed by atoms with Gasteiger partial charge in [-0.2, -0.15) is 0 Å². The summed E-state index contributed by atoms with van der Waals surface area (Å²) >= 11 is 0. The van der Waals surface area contributed by atoms with Gasteiger partial charge in [0.2, 0.25) is 0 Å². The second kappa shape index (κ2) is 3.41. The van der Waals surface area contributed by atoms with Crippen molar-refractivity contribution in [2.45, 2.75) is 26.4 Å².